The Labute approximate surface area is 149 Å². The van der Waals surface area contributed by atoms with E-state index in [1.165, 1.54) is 6.07 Å². The smallest absolute Gasteiger partial charge is 0.356 e. The van der Waals surface area contributed by atoms with Crippen molar-refractivity contribution in [3.8, 4) is 0 Å². The molecule has 2 rings (SSSR count). The Hall–Kier alpha value is -1.76. The lowest BCUT2D eigenvalue weighted by molar-refractivity contribution is -0.137. The van der Waals surface area contributed by atoms with Gasteiger partial charge in [-0.05, 0) is 37.0 Å². The number of benzene rings is 1. The van der Waals surface area contributed by atoms with Crippen molar-refractivity contribution in [2.75, 3.05) is 11.9 Å². The predicted octanol–water partition coefficient (Wildman–Crippen LogP) is 4.10. The predicted molar refractivity (Wildman–Crippen MR) is 89.1 cm³/mol. The Morgan fingerprint density at radius 3 is 2.48 bits per heavy atom. The van der Waals surface area contributed by atoms with Crippen LogP contribution in [0.4, 0.5) is 18.9 Å². The van der Waals surface area contributed by atoms with Crippen molar-refractivity contribution in [1.82, 2.24) is 5.32 Å². The molecule has 0 aliphatic heterocycles. The molecule has 0 heterocycles. The number of anilines is 1. The van der Waals surface area contributed by atoms with Crippen molar-refractivity contribution in [2.24, 2.45) is 17.8 Å². The molecular formula is C17H20ClF3N2O2. The minimum Gasteiger partial charge on any atom is -0.356 e. The second-order valence-electron chi connectivity index (χ2n) is 6.60. The van der Waals surface area contributed by atoms with Crippen LogP contribution in [0.25, 0.3) is 0 Å². The monoisotopic (exact) mass is 376 g/mol. The van der Waals surface area contributed by atoms with Crippen LogP contribution >= 0.6 is 11.6 Å². The molecule has 0 radical (unpaired) electrons. The van der Waals surface area contributed by atoms with Crippen molar-refractivity contribution in [3.05, 3.63) is 28.8 Å². The van der Waals surface area contributed by atoms with E-state index in [0.717, 1.165) is 18.6 Å². The first-order chi connectivity index (χ1) is 11.6. The fourth-order valence-electron chi connectivity index (χ4n) is 2.44. The highest BCUT2D eigenvalue weighted by molar-refractivity contribution is 6.31. The second-order valence-corrected chi connectivity index (χ2v) is 7.01. The Balaban J connectivity index is 1.90. The standard InChI is InChI=1S/C17H20ClF3N2O2/c1-9(2)5-6-22-15(24)11-8-12(11)16(25)23-10-3-4-14(18)13(7-10)17(19,20)21/h3-4,7,9,11-12H,5-6,8H2,1-2H3,(H,22,24)(H,23,25). The van der Waals surface area contributed by atoms with Gasteiger partial charge in [-0.15, -0.1) is 0 Å². The van der Waals surface area contributed by atoms with Gasteiger partial charge in [0.2, 0.25) is 11.8 Å². The topological polar surface area (TPSA) is 58.2 Å². The molecule has 1 aliphatic rings. The van der Waals surface area contributed by atoms with Gasteiger partial charge in [-0.1, -0.05) is 25.4 Å². The number of halogens is 4. The molecule has 1 aromatic rings. The SMILES string of the molecule is CC(C)CCNC(=O)C1CC1C(=O)Nc1ccc(Cl)c(C(F)(F)F)c1. The molecule has 0 bridgehead atoms. The number of amides is 2. The molecule has 2 amide bonds. The lowest BCUT2D eigenvalue weighted by atomic mass is 10.1. The molecule has 1 aromatic carbocycles. The van der Waals surface area contributed by atoms with E-state index in [1.807, 2.05) is 13.8 Å². The summed E-state index contributed by atoms with van der Waals surface area (Å²) in [5, 5.41) is 4.77. The summed E-state index contributed by atoms with van der Waals surface area (Å²) in [7, 11) is 0. The molecule has 2 N–H and O–H groups in total. The van der Waals surface area contributed by atoms with E-state index < -0.39 is 34.5 Å². The number of carbonyl (C=O) groups is 2. The van der Waals surface area contributed by atoms with Crippen molar-refractivity contribution in [3.63, 3.8) is 0 Å². The van der Waals surface area contributed by atoms with Crippen molar-refractivity contribution in [1.29, 1.82) is 0 Å². The molecular weight excluding hydrogens is 357 g/mol. The molecule has 0 saturated heterocycles. The third kappa shape index (κ3) is 5.36. The fourth-order valence-corrected chi connectivity index (χ4v) is 2.67. The molecule has 0 spiro atoms. The Kier molecular flexibility index (Phi) is 5.98. The van der Waals surface area contributed by atoms with E-state index in [4.69, 9.17) is 11.6 Å². The van der Waals surface area contributed by atoms with Gasteiger partial charge in [-0.25, -0.2) is 0 Å². The summed E-state index contributed by atoms with van der Waals surface area (Å²) in [5.41, 5.74) is -1.00. The maximum absolute atomic E-state index is 12.8. The van der Waals surface area contributed by atoms with Crippen LogP contribution in [0.5, 0.6) is 0 Å². The van der Waals surface area contributed by atoms with Crippen molar-refractivity contribution < 1.29 is 22.8 Å². The average Bonchev–Trinajstić information content (AvgIpc) is 3.28. The van der Waals surface area contributed by atoms with Crippen LogP contribution in [0.1, 0.15) is 32.3 Å². The van der Waals surface area contributed by atoms with Gasteiger partial charge in [0.1, 0.15) is 0 Å². The van der Waals surface area contributed by atoms with E-state index in [1.54, 1.807) is 0 Å². The quantitative estimate of drug-likeness (QED) is 0.785. The molecule has 2 unspecified atom stereocenters. The molecule has 138 valence electrons. The molecule has 2 atom stereocenters. The third-order valence-electron chi connectivity index (χ3n) is 4.02. The lowest BCUT2D eigenvalue weighted by Gasteiger charge is -2.12. The van der Waals surface area contributed by atoms with Crippen LogP contribution in [0.15, 0.2) is 18.2 Å². The summed E-state index contributed by atoms with van der Waals surface area (Å²) in [6.45, 7) is 4.63. The molecule has 0 aromatic heterocycles. The fraction of sp³-hybridized carbons (Fsp3) is 0.529. The van der Waals surface area contributed by atoms with Crippen molar-refractivity contribution in [2.45, 2.75) is 32.9 Å². The minimum absolute atomic E-state index is 0.00703. The largest absolute Gasteiger partial charge is 0.417 e. The van der Waals surface area contributed by atoms with Crippen LogP contribution in [0, 0.1) is 17.8 Å². The zero-order valence-corrected chi connectivity index (χ0v) is 14.7. The summed E-state index contributed by atoms with van der Waals surface area (Å²) < 4.78 is 38.5. The van der Waals surface area contributed by atoms with Gasteiger partial charge in [0.25, 0.3) is 0 Å². The van der Waals surface area contributed by atoms with Crippen LogP contribution in [0.3, 0.4) is 0 Å². The highest BCUT2D eigenvalue weighted by Gasteiger charge is 2.48. The van der Waals surface area contributed by atoms with Crippen LogP contribution in [0.2, 0.25) is 5.02 Å². The van der Waals surface area contributed by atoms with E-state index >= 15 is 0 Å². The van der Waals surface area contributed by atoms with E-state index in [9.17, 15) is 22.8 Å². The number of hydrogen-bond donors (Lipinski definition) is 2. The normalized spacial score (nSPS) is 19.6. The minimum atomic E-state index is -4.60. The zero-order chi connectivity index (χ0) is 18.8. The maximum atomic E-state index is 12.8. The van der Waals surface area contributed by atoms with E-state index in [0.29, 0.717) is 18.9 Å². The average molecular weight is 377 g/mol. The van der Waals surface area contributed by atoms with E-state index in [2.05, 4.69) is 10.6 Å². The van der Waals surface area contributed by atoms with Crippen LogP contribution < -0.4 is 10.6 Å². The van der Waals surface area contributed by atoms with Gasteiger partial charge in [-0.3, -0.25) is 9.59 Å². The number of nitrogens with one attached hydrogen (secondary N) is 2. The first-order valence-corrected chi connectivity index (χ1v) is 8.42. The molecule has 25 heavy (non-hydrogen) atoms. The van der Waals surface area contributed by atoms with Gasteiger partial charge in [-0.2, -0.15) is 13.2 Å². The summed E-state index contributed by atoms with van der Waals surface area (Å²) in [6.07, 6.45) is -3.35. The third-order valence-corrected chi connectivity index (χ3v) is 4.35. The molecule has 4 nitrogen and oxygen atoms in total. The Morgan fingerprint density at radius 2 is 1.88 bits per heavy atom. The number of hydrogen-bond acceptors (Lipinski definition) is 2. The number of rotatable bonds is 6. The molecule has 8 heteroatoms. The zero-order valence-electron chi connectivity index (χ0n) is 13.9. The van der Waals surface area contributed by atoms with Gasteiger partial charge in [0.15, 0.2) is 0 Å². The first kappa shape index (κ1) is 19.6. The number of alkyl halides is 3. The Morgan fingerprint density at radius 1 is 1.24 bits per heavy atom. The second kappa shape index (κ2) is 7.64. The summed E-state index contributed by atoms with van der Waals surface area (Å²) in [6, 6.07) is 3.18. The van der Waals surface area contributed by atoms with E-state index in [-0.39, 0.29) is 11.6 Å². The lowest BCUT2D eigenvalue weighted by Crippen LogP contribution is -2.28. The Bertz CT molecular complexity index is 662. The highest BCUT2D eigenvalue weighted by atomic mass is 35.5. The van der Waals surface area contributed by atoms with Gasteiger partial charge in [0, 0.05) is 12.2 Å². The van der Waals surface area contributed by atoms with Crippen LogP contribution in [-0.4, -0.2) is 18.4 Å². The summed E-state index contributed by atoms with van der Waals surface area (Å²) >= 11 is 5.54. The van der Waals surface area contributed by atoms with Crippen LogP contribution in [-0.2, 0) is 15.8 Å². The molecule has 1 saturated carbocycles. The van der Waals surface area contributed by atoms with Crippen molar-refractivity contribution >= 4 is 29.1 Å². The molecule has 1 aliphatic carbocycles. The maximum Gasteiger partial charge on any atom is 0.417 e. The van der Waals surface area contributed by atoms with Gasteiger partial charge in [0.05, 0.1) is 22.4 Å². The highest BCUT2D eigenvalue weighted by Crippen LogP contribution is 2.40. The number of carbonyl (C=O) groups excluding carboxylic acids is 2. The first-order valence-electron chi connectivity index (χ1n) is 8.05. The van der Waals surface area contributed by atoms with Gasteiger partial charge < -0.3 is 10.6 Å². The van der Waals surface area contributed by atoms with Gasteiger partial charge >= 0.3 is 6.18 Å². The summed E-state index contributed by atoms with van der Waals surface area (Å²) in [5.74, 6) is -1.11. The molecule has 1 fully saturated rings. The summed E-state index contributed by atoms with van der Waals surface area (Å²) in [4.78, 5) is 24.0.